The molecule has 1 aliphatic carbocycles. The van der Waals surface area contributed by atoms with Crippen molar-refractivity contribution in [1.82, 2.24) is 4.31 Å². The molecule has 6 heteroatoms. The van der Waals surface area contributed by atoms with Gasteiger partial charge >= 0.3 is 0 Å². The summed E-state index contributed by atoms with van der Waals surface area (Å²) in [5, 5.41) is 0. The van der Waals surface area contributed by atoms with E-state index >= 15 is 0 Å². The predicted molar refractivity (Wildman–Crippen MR) is 51.9 cm³/mol. The summed E-state index contributed by atoms with van der Waals surface area (Å²) in [7, 11) is -3.57. The SMILES string of the molecule is O=C1C2CCCC=C2S(=O)(=O)N1CCl. The Balaban J connectivity index is 2.52. The van der Waals surface area contributed by atoms with E-state index in [1.165, 1.54) is 0 Å². The van der Waals surface area contributed by atoms with Gasteiger partial charge in [0.15, 0.2) is 0 Å². The number of fused-ring (bicyclic) bond motifs is 1. The molecule has 2 aliphatic rings. The highest BCUT2D eigenvalue weighted by molar-refractivity contribution is 7.94. The summed E-state index contributed by atoms with van der Waals surface area (Å²) >= 11 is 5.45. The van der Waals surface area contributed by atoms with Crippen molar-refractivity contribution >= 4 is 27.5 Å². The molecule has 1 atom stereocenters. The van der Waals surface area contributed by atoms with Crippen LogP contribution in [0.1, 0.15) is 19.3 Å². The van der Waals surface area contributed by atoms with Crippen LogP contribution >= 0.6 is 11.6 Å². The number of nitrogens with zero attached hydrogens (tertiary/aromatic N) is 1. The first-order valence-electron chi connectivity index (χ1n) is 4.41. The van der Waals surface area contributed by atoms with E-state index in [0.717, 1.165) is 17.1 Å². The van der Waals surface area contributed by atoms with E-state index in [0.29, 0.717) is 6.42 Å². The fraction of sp³-hybridized carbons (Fsp3) is 0.625. The smallest absolute Gasteiger partial charge is 0.264 e. The lowest BCUT2D eigenvalue weighted by Gasteiger charge is -2.11. The third-order valence-electron chi connectivity index (χ3n) is 2.63. The summed E-state index contributed by atoms with van der Waals surface area (Å²) in [6.45, 7) is 0. The molecule has 0 aromatic heterocycles. The van der Waals surface area contributed by atoms with Crippen LogP contribution < -0.4 is 0 Å². The van der Waals surface area contributed by atoms with Crippen molar-refractivity contribution in [2.45, 2.75) is 19.3 Å². The number of halogens is 1. The largest absolute Gasteiger partial charge is 0.273 e. The zero-order valence-electron chi connectivity index (χ0n) is 7.44. The second kappa shape index (κ2) is 3.24. The summed E-state index contributed by atoms with van der Waals surface area (Å²) in [5.41, 5.74) is 0. The number of amides is 1. The van der Waals surface area contributed by atoms with Gasteiger partial charge < -0.3 is 0 Å². The number of carbonyl (C=O) groups is 1. The molecule has 1 amide bonds. The number of sulfonamides is 1. The van der Waals surface area contributed by atoms with Gasteiger partial charge in [0.2, 0.25) is 5.91 Å². The number of carbonyl (C=O) groups excluding carboxylic acids is 1. The molecule has 1 saturated heterocycles. The molecular formula is C8H10ClNO3S. The third kappa shape index (κ3) is 1.19. The Morgan fingerprint density at radius 3 is 2.86 bits per heavy atom. The zero-order chi connectivity index (χ0) is 10.3. The Morgan fingerprint density at radius 2 is 2.29 bits per heavy atom. The van der Waals surface area contributed by atoms with Crippen molar-refractivity contribution in [1.29, 1.82) is 0 Å². The van der Waals surface area contributed by atoms with E-state index in [9.17, 15) is 13.2 Å². The maximum absolute atomic E-state index is 11.7. The molecule has 0 spiro atoms. The van der Waals surface area contributed by atoms with Crippen LogP contribution in [0.3, 0.4) is 0 Å². The van der Waals surface area contributed by atoms with Gasteiger partial charge in [-0.25, -0.2) is 12.7 Å². The normalized spacial score (nSPS) is 30.1. The van der Waals surface area contributed by atoms with Crippen molar-refractivity contribution in [3.05, 3.63) is 11.0 Å². The van der Waals surface area contributed by atoms with Gasteiger partial charge in [0.1, 0.15) is 6.00 Å². The van der Waals surface area contributed by atoms with E-state index in [-0.39, 0.29) is 16.8 Å². The predicted octanol–water partition coefficient (Wildman–Crippen LogP) is 1.04. The molecule has 0 N–H and O–H groups in total. The quantitative estimate of drug-likeness (QED) is 0.504. The first-order chi connectivity index (χ1) is 6.59. The number of hydrogen-bond donors (Lipinski definition) is 0. The van der Waals surface area contributed by atoms with E-state index in [2.05, 4.69) is 0 Å². The van der Waals surface area contributed by atoms with Gasteiger partial charge in [-0.3, -0.25) is 4.79 Å². The average molecular weight is 236 g/mol. The Bertz CT molecular complexity index is 401. The molecule has 2 rings (SSSR count). The van der Waals surface area contributed by atoms with Crippen LogP contribution in [0.15, 0.2) is 11.0 Å². The first-order valence-corrected chi connectivity index (χ1v) is 6.39. The summed E-state index contributed by atoms with van der Waals surface area (Å²) in [6, 6.07) is -0.283. The van der Waals surface area contributed by atoms with Gasteiger partial charge in [-0.2, -0.15) is 0 Å². The lowest BCUT2D eigenvalue weighted by atomic mass is 9.95. The van der Waals surface area contributed by atoms with Gasteiger partial charge in [0, 0.05) is 0 Å². The van der Waals surface area contributed by atoms with Crippen LogP contribution in [-0.4, -0.2) is 24.6 Å². The molecule has 78 valence electrons. The highest BCUT2D eigenvalue weighted by atomic mass is 35.5. The molecule has 1 heterocycles. The Kier molecular flexibility index (Phi) is 2.31. The van der Waals surface area contributed by atoms with Crippen molar-refractivity contribution in [2.24, 2.45) is 5.92 Å². The molecule has 1 aliphatic heterocycles. The Morgan fingerprint density at radius 1 is 1.57 bits per heavy atom. The second-order valence-corrected chi connectivity index (χ2v) is 5.50. The van der Waals surface area contributed by atoms with Crippen LogP contribution in [0, 0.1) is 5.92 Å². The van der Waals surface area contributed by atoms with Crippen molar-refractivity contribution < 1.29 is 13.2 Å². The fourth-order valence-corrected chi connectivity index (χ4v) is 4.08. The minimum Gasteiger partial charge on any atom is -0.273 e. The summed E-state index contributed by atoms with van der Waals surface area (Å²) in [4.78, 5) is 11.9. The van der Waals surface area contributed by atoms with Gasteiger partial charge in [-0.15, -0.1) is 11.6 Å². The fourth-order valence-electron chi connectivity index (χ4n) is 1.92. The lowest BCUT2D eigenvalue weighted by molar-refractivity contribution is -0.127. The van der Waals surface area contributed by atoms with Gasteiger partial charge in [0.05, 0.1) is 10.8 Å². The minimum absolute atomic E-state index is 0.259. The topological polar surface area (TPSA) is 54.5 Å². The van der Waals surface area contributed by atoms with E-state index in [1.54, 1.807) is 6.08 Å². The molecule has 4 nitrogen and oxygen atoms in total. The van der Waals surface area contributed by atoms with Crippen LogP contribution in [-0.2, 0) is 14.8 Å². The van der Waals surface area contributed by atoms with Gasteiger partial charge in [-0.05, 0) is 19.3 Å². The third-order valence-corrected chi connectivity index (χ3v) is 4.94. The standard InChI is InChI=1S/C8H10ClNO3S/c9-5-10-8(11)6-3-1-2-4-7(6)14(10,12)13/h4,6H,1-3,5H2. The molecule has 0 saturated carbocycles. The highest BCUT2D eigenvalue weighted by Gasteiger charge is 2.48. The Hall–Kier alpha value is -0.550. The monoisotopic (exact) mass is 235 g/mol. The van der Waals surface area contributed by atoms with E-state index in [4.69, 9.17) is 11.6 Å². The molecule has 14 heavy (non-hydrogen) atoms. The summed E-state index contributed by atoms with van der Waals surface area (Å²) in [6.07, 6.45) is 3.87. The minimum atomic E-state index is -3.57. The summed E-state index contributed by atoms with van der Waals surface area (Å²) in [5.74, 6) is -0.835. The summed E-state index contributed by atoms with van der Waals surface area (Å²) < 4.78 is 24.2. The molecular weight excluding hydrogens is 226 g/mol. The number of rotatable bonds is 1. The maximum Gasteiger partial charge on any atom is 0.264 e. The lowest BCUT2D eigenvalue weighted by Crippen LogP contribution is -2.29. The molecule has 0 radical (unpaired) electrons. The van der Waals surface area contributed by atoms with Gasteiger partial charge in [-0.1, -0.05) is 6.08 Å². The number of allylic oxidation sites excluding steroid dienone is 1. The molecule has 0 bridgehead atoms. The average Bonchev–Trinajstić information content (AvgIpc) is 2.36. The first kappa shape index (κ1) is 9.98. The molecule has 1 unspecified atom stereocenters. The zero-order valence-corrected chi connectivity index (χ0v) is 9.01. The maximum atomic E-state index is 11.7. The molecule has 1 fully saturated rings. The Labute approximate surface area is 87.6 Å². The van der Waals surface area contributed by atoms with Crippen LogP contribution in [0.5, 0.6) is 0 Å². The van der Waals surface area contributed by atoms with Crippen molar-refractivity contribution in [3.63, 3.8) is 0 Å². The van der Waals surface area contributed by atoms with Crippen LogP contribution in [0.4, 0.5) is 0 Å². The van der Waals surface area contributed by atoms with E-state index in [1.807, 2.05) is 0 Å². The van der Waals surface area contributed by atoms with Crippen molar-refractivity contribution in [3.8, 4) is 0 Å². The van der Waals surface area contributed by atoms with E-state index < -0.39 is 15.9 Å². The van der Waals surface area contributed by atoms with Gasteiger partial charge in [0.25, 0.3) is 10.0 Å². The number of alkyl halides is 1. The highest BCUT2D eigenvalue weighted by Crippen LogP contribution is 2.38. The second-order valence-electron chi connectivity index (χ2n) is 3.40. The number of hydrogen-bond acceptors (Lipinski definition) is 3. The molecule has 0 aromatic carbocycles. The molecule has 0 aromatic rings. The van der Waals surface area contributed by atoms with Crippen molar-refractivity contribution in [2.75, 3.05) is 6.00 Å². The van der Waals surface area contributed by atoms with Crippen LogP contribution in [0.25, 0.3) is 0 Å². The van der Waals surface area contributed by atoms with Crippen LogP contribution in [0.2, 0.25) is 0 Å².